The van der Waals surface area contributed by atoms with Gasteiger partial charge in [-0.25, -0.2) is 18.2 Å². The SMILES string of the molecule is C=C(F)C(=O)N1CCN(c2nc(OCC3CCCN3C)nc3c(F)c(-c4cc(O)cc5ccc(F)c(C)c45)cnc23)C[C@@H]1CC#N. The van der Waals surface area contributed by atoms with E-state index in [2.05, 4.69) is 26.4 Å². The fraction of sp³-hybridized carbons (Fsp3) is 0.364. The molecule has 2 fully saturated rings. The topological polar surface area (TPSA) is 119 Å². The summed E-state index contributed by atoms with van der Waals surface area (Å²) in [6, 6.07) is 7.02. The molecular formula is C33H32F3N7O3. The maximum Gasteiger partial charge on any atom is 0.319 e. The highest BCUT2D eigenvalue weighted by molar-refractivity contribution is 6.02. The Morgan fingerprint density at radius 2 is 1.96 bits per heavy atom. The van der Waals surface area contributed by atoms with E-state index >= 15 is 4.39 Å². The number of likely N-dealkylation sites (N-methyl/N-ethyl adjacent to an activating group) is 1. The van der Waals surface area contributed by atoms with Crippen molar-refractivity contribution in [2.24, 2.45) is 0 Å². The first-order valence-corrected chi connectivity index (χ1v) is 15.0. The standard InChI is InChI=1S/C33H32F3N7O3/c1-18-26(35)7-6-20-13-23(44)14-24(27(18)20)25-15-38-30-29(28(25)36)39-33(46-17-22-5-4-10-41(22)3)40-31(30)42-11-12-43(32(45)19(2)34)21(16-42)8-9-37/h6-7,13-15,21-22,44H,2,4-5,8,10-12,16-17H2,1,3H3/t21-,22?/m0/s1. The molecule has 46 heavy (non-hydrogen) atoms. The molecule has 238 valence electrons. The zero-order valence-electron chi connectivity index (χ0n) is 25.4. The minimum Gasteiger partial charge on any atom is -0.508 e. The van der Waals surface area contributed by atoms with Gasteiger partial charge in [0.2, 0.25) is 0 Å². The van der Waals surface area contributed by atoms with Crippen molar-refractivity contribution in [1.82, 2.24) is 24.8 Å². The lowest BCUT2D eigenvalue weighted by Crippen LogP contribution is -2.55. The number of amides is 1. The quantitative estimate of drug-likeness (QED) is 0.281. The first-order valence-electron chi connectivity index (χ1n) is 15.0. The second-order valence-electron chi connectivity index (χ2n) is 11.7. The van der Waals surface area contributed by atoms with E-state index in [1.165, 1.54) is 35.4 Å². The number of fused-ring (bicyclic) bond motifs is 2. The van der Waals surface area contributed by atoms with Gasteiger partial charge in [0.05, 0.1) is 18.5 Å². The second-order valence-corrected chi connectivity index (χ2v) is 11.7. The Labute approximate surface area is 263 Å². The summed E-state index contributed by atoms with van der Waals surface area (Å²) in [4.78, 5) is 31.3. The average Bonchev–Trinajstić information content (AvgIpc) is 3.45. The van der Waals surface area contributed by atoms with Crippen LogP contribution < -0.4 is 9.64 Å². The number of piperazine rings is 1. The van der Waals surface area contributed by atoms with Crippen LogP contribution in [0.5, 0.6) is 11.8 Å². The van der Waals surface area contributed by atoms with Gasteiger partial charge in [0.25, 0.3) is 5.91 Å². The number of carbonyl (C=O) groups excluding carboxylic acids is 1. The molecule has 6 rings (SSSR count). The van der Waals surface area contributed by atoms with Gasteiger partial charge in [0, 0.05) is 37.4 Å². The van der Waals surface area contributed by atoms with E-state index in [-0.39, 0.29) is 84.0 Å². The van der Waals surface area contributed by atoms with Crippen molar-refractivity contribution in [1.29, 1.82) is 5.26 Å². The molecule has 0 bridgehead atoms. The number of likely N-dealkylation sites (tertiary alicyclic amines) is 1. The van der Waals surface area contributed by atoms with Crippen molar-refractivity contribution in [3.8, 4) is 29.0 Å². The predicted octanol–water partition coefficient (Wildman–Crippen LogP) is 5.02. The molecule has 2 aliphatic heterocycles. The number of hydrogen-bond donors (Lipinski definition) is 1. The van der Waals surface area contributed by atoms with E-state index in [4.69, 9.17) is 4.74 Å². The number of aryl methyl sites for hydroxylation is 1. The van der Waals surface area contributed by atoms with Crippen LogP contribution in [-0.4, -0.2) is 87.7 Å². The van der Waals surface area contributed by atoms with Crippen molar-refractivity contribution in [2.75, 3.05) is 44.7 Å². The molecule has 2 aromatic heterocycles. The number of nitrogens with zero attached hydrogens (tertiary/aromatic N) is 7. The number of hydrogen-bond acceptors (Lipinski definition) is 9. The van der Waals surface area contributed by atoms with Crippen molar-refractivity contribution in [3.63, 3.8) is 0 Å². The Morgan fingerprint density at radius 1 is 1.15 bits per heavy atom. The van der Waals surface area contributed by atoms with Crippen molar-refractivity contribution < 1.29 is 27.8 Å². The molecule has 1 N–H and O–H groups in total. The van der Waals surface area contributed by atoms with Gasteiger partial charge < -0.3 is 24.5 Å². The highest BCUT2D eigenvalue weighted by Gasteiger charge is 2.34. The lowest BCUT2D eigenvalue weighted by atomic mass is 9.94. The van der Waals surface area contributed by atoms with Gasteiger partial charge in [-0.3, -0.25) is 4.79 Å². The third kappa shape index (κ3) is 5.64. The smallest absolute Gasteiger partial charge is 0.319 e. The van der Waals surface area contributed by atoms with E-state index in [1.807, 2.05) is 13.1 Å². The van der Waals surface area contributed by atoms with Crippen LogP contribution >= 0.6 is 0 Å². The van der Waals surface area contributed by atoms with Crippen molar-refractivity contribution in [3.05, 3.63) is 60.1 Å². The third-order valence-corrected chi connectivity index (χ3v) is 8.88. The number of aromatic nitrogens is 3. The summed E-state index contributed by atoms with van der Waals surface area (Å²) < 4.78 is 51.2. The van der Waals surface area contributed by atoms with Gasteiger partial charge in [-0.05, 0) is 73.5 Å². The summed E-state index contributed by atoms with van der Waals surface area (Å²) in [7, 11) is 2.00. The number of phenolic OH excluding ortho intramolecular Hbond substituents is 1. The maximum atomic E-state index is 16.7. The van der Waals surface area contributed by atoms with E-state index in [0.717, 1.165) is 19.4 Å². The van der Waals surface area contributed by atoms with E-state index in [0.29, 0.717) is 10.8 Å². The van der Waals surface area contributed by atoms with Crippen LogP contribution in [0.3, 0.4) is 0 Å². The van der Waals surface area contributed by atoms with Gasteiger partial charge >= 0.3 is 6.01 Å². The maximum absolute atomic E-state index is 16.7. The number of rotatable bonds is 7. The lowest BCUT2D eigenvalue weighted by Gasteiger charge is -2.41. The zero-order valence-corrected chi connectivity index (χ0v) is 25.4. The molecule has 0 spiro atoms. The molecule has 1 unspecified atom stereocenters. The van der Waals surface area contributed by atoms with E-state index in [9.17, 15) is 23.9 Å². The van der Waals surface area contributed by atoms with Crippen LogP contribution in [-0.2, 0) is 4.79 Å². The highest BCUT2D eigenvalue weighted by atomic mass is 19.1. The van der Waals surface area contributed by atoms with Crippen LogP contribution in [0.1, 0.15) is 24.8 Å². The Kier molecular flexibility index (Phi) is 8.39. The summed E-state index contributed by atoms with van der Waals surface area (Å²) in [6.45, 7) is 6.20. The fourth-order valence-electron chi connectivity index (χ4n) is 6.41. The summed E-state index contributed by atoms with van der Waals surface area (Å²) in [5, 5.41) is 20.9. The number of nitriles is 1. The molecule has 0 saturated carbocycles. The van der Waals surface area contributed by atoms with Crippen LogP contribution in [0, 0.1) is 29.9 Å². The minimum atomic E-state index is -1.12. The van der Waals surface area contributed by atoms with Gasteiger partial charge in [-0.2, -0.15) is 15.2 Å². The molecule has 0 radical (unpaired) electrons. The Morgan fingerprint density at radius 3 is 2.67 bits per heavy atom. The van der Waals surface area contributed by atoms with Crippen molar-refractivity contribution >= 4 is 33.5 Å². The summed E-state index contributed by atoms with van der Waals surface area (Å²) >= 11 is 0. The van der Waals surface area contributed by atoms with Gasteiger partial charge in [0.1, 0.15) is 29.2 Å². The number of carbonyl (C=O) groups is 1. The molecule has 13 heteroatoms. The van der Waals surface area contributed by atoms with Crippen LogP contribution in [0.2, 0.25) is 0 Å². The van der Waals surface area contributed by atoms with Crippen LogP contribution in [0.25, 0.3) is 32.9 Å². The van der Waals surface area contributed by atoms with Gasteiger partial charge in [-0.15, -0.1) is 0 Å². The number of ether oxygens (including phenoxy) is 1. The number of benzene rings is 2. The first kappa shape index (κ1) is 31.0. The van der Waals surface area contributed by atoms with E-state index < -0.39 is 29.4 Å². The summed E-state index contributed by atoms with van der Waals surface area (Å²) in [5.41, 5.74) is 0.459. The zero-order chi connectivity index (χ0) is 32.7. The number of anilines is 1. The fourth-order valence-corrected chi connectivity index (χ4v) is 6.41. The Balaban J connectivity index is 1.48. The predicted molar refractivity (Wildman–Crippen MR) is 166 cm³/mol. The Hall–Kier alpha value is -4.96. The first-order chi connectivity index (χ1) is 22.1. The Bertz CT molecular complexity index is 1910. The number of pyridine rings is 1. The van der Waals surface area contributed by atoms with Gasteiger partial charge in [0.15, 0.2) is 17.5 Å². The highest BCUT2D eigenvalue weighted by Crippen LogP contribution is 2.39. The normalized spacial score (nSPS) is 18.7. The molecule has 2 saturated heterocycles. The molecule has 4 aromatic rings. The van der Waals surface area contributed by atoms with Crippen LogP contribution in [0.4, 0.5) is 19.0 Å². The molecule has 2 aromatic carbocycles. The molecule has 2 atom stereocenters. The molecule has 0 aliphatic carbocycles. The summed E-state index contributed by atoms with van der Waals surface area (Å²) in [5.74, 6) is -3.18. The largest absolute Gasteiger partial charge is 0.508 e. The molecule has 1 amide bonds. The molecular weight excluding hydrogens is 599 g/mol. The van der Waals surface area contributed by atoms with Gasteiger partial charge in [-0.1, -0.05) is 12.6 Å². The molecule has 10 nitrogen and oxygen atoms in total. The lowest BCUT2D eigenvalue weighted by molar-refractivity contribution is -0.131. The van der Waals surface area contributed by atoms with Crippen molar-refractivity contribution in [2.45, 2.75) is 38.3 Å². The third-order valence-electron chi connectivity index (χ3n) is 8.88. The molecule has 4 heterocycles. The number of halogens is 3. The van der Waals surface area contributed by atoms with Crippen LogP contribution in [0.15, 0.2) is 42.9 Å². The minimum absolute atomic E-state index is 0.00698. The average molecular weight is 632 g/mol. The second kappa shape index (κ2) is 12.4. The number of aromatic hydroxyl groups is 1. The number of phenols is 1. The van der Waals surface area contributed by atoms with E-state index in [1.54, 1.807) is 11.8 Å². The summed E-state index contributed by atoms with van der Waals surface area (Å²) in [6.07, 6.45) is 3.14. The molecule has 2 aliphatic rings. The monoisotopic (exact) mass is 631 g/mol.